The number of anilines is 1. The second-order valence-electron chi connectivity index (χ2n) is 6.18. The maximum Gasteiger partial charge on any atom is 0.254 e. The molecule has 2 atom stereocenters. The molecule has 0 aromatic carbocycles. The lowest BCUT2D eigenvalue weighted by Gasteiger charge is -2.17. The predicted molar refractivity (Wildman–Crippen MR) is 82.5 cm³/mol. The molecule has 1 saturated carbocycles. The van der Waals surface area contributed by atoms with Crippen molar-refractivity contribution < 1.29 is 13.2 Å². The second kappa shape index (κ2) is 5.51. The minimum atomic E-state index is -3.28. The molecule has 8 heteroatoms. The molecule has 1 aromatic rings. The van der Waals surface area contributed by atoms with Crippen molar-refractivity contribution in [3.8, 4) is 0 Å². The first-order valence-electron chi connectivity index (χ1n) is 7.31. The van der Waals surface area contributed by atoms with E-state index in [1.165, 1.54) is 6.20 Å². The third-order valence-corrected chi connectivity index (χ3v) is 5.00. The van der Waals surface area contributed by atoms with Crippen LogP contribution in [0.25, 0.3) is 0 Å². The van der Waals surface area contributed by atoms with Crippen LogP contribution in [0.15, 0.2) is 18.3 Å². The zero-order valence-electron chi connectivity index (χ0n) is 12.4. The fourth-order valence-corrected chi connectivity index (χ4v) is 3.96. The number of carbonyl (C=O) groups is 1. The van der Waals surface area contributed by atoms with Crippen molar-refractivity contribution in [3.05, 3.63) is 23.9 Å². The van der Waals surface area contributed by atoms with Crippen LogP contribution in [0.4, 0.5) is 5.82 Å². The Hall–Kier alpha value is -1.67. The Morgan fingerprint density at radius 3 is 2.73 bits per heavy atom. The van der Waals surface area contributed by atoms with Crippen molar-refractivity contribution in [2.45, 2.75) is 18.9 Å². The minimum Gasteiger partial charge on any atom is -0.384 e. The summed E-state index contributed by atoms with van der Waals surface area (Å²) in [7, 11) is -3.28. The largest absolute Gasteiger partial charge is 0.384 e. The van der Waals surface area contributed by atoms with Gasteiger partial charge in [-0.05, 0) is 36.8 Å². The summed E-state index contributed by atoms with van der Waals surface area (Å²) in [6.45, 7) is 0.980. The van der Waals surface area contributed by atoms with Crippen molar-refractivity contribution >= 4 is 21.7 Å². The highest BCUT2D eigenvalue weighted by Gasteiger charge is 2.44. The number of nitrogens with two attached hydrogens (primary N) is 1. The van der Waals surface area contributed by atoms with Gasteiger partial charge in [-0.15, -0.1) is 0 Å². The molecule has 0 unspecified atom stereocenters. The van der Waals surface area contributed by atoms with Crippen LogP contribution in [0.2, 0.25) is 0 Å². The van der Waals surface area contributed by atoms with Crippen molar-refractivity contribution in [1.82, 2.24) is 14.6 Å². The molecule has 2 heterocycles. The third kappa shape index (κ3) is 3.38. The Kier molecular flexibility index (Phi) is 3.82. The van der Waals surface area contributed by atoms with Crippen LogP contribution in [-0.2, 0) is 10.0 Å². The van der Waals surface area contributed by atoms with Gasteiger partial charge in [-0.25, -0.2) is 18.1 Å². The number of nitrogen functional groups attached to an aromatic ring is 1. The van der Waals surface area contributed by atoms with Gasteiger partial charge in [0.2, 0.25) is 10.0 Å². The van der Waals surface area contributed by atoms with Crippen LogP contribution in [0.1, 0.15) is 23.2 Å². The fourth-order valence-electron chi connectivity index (χ4n) is 3.16. The number of nitrogens with zero attached hydrogens (tertiary/aromatic N) is 2. The number of nitrogens with one attached hydrogen (secondary N) is 1. The summed E-state index contributed by atoms with van der Waals surface area (Å²) < 4.78 is 25.7. The van der Waals surface area contributed by atoms with Gasteiger partial charge in [-0.3, -0.25) is 4.79 Å². The topological polar surface area (TPSA) is 105 Å². The van der Waals surface area contributed by atoms with Gasteiger partial charge >= 0.3 is 0 Å². The normalized spacial score (nSPS) is 25.4. The number of sulfonamides is 1. The van der Waals surface area contributed by atoms with Gasteiger partial charge in [0.05, 0.1) is 6.26 Å². The summed E-state index contributed by atoms with van der Waals surface area (Å²) in [6, 6.07) is 2.97. The zero-order chi connectivity index (χ0) is 15.9. The molecule has 0 radical (unpaired) electrons. The monoisotopic (exact) mass is 324 g/mol. The summed E-state index contributed by atoms with van der Waals surface area (Å²) in [6.07, 6.45) is 4.88. The molecule has 2 aliphatic rings. The molecular formula is C14H20N4O3S. The molecule has 1 aliphatic heterocycles. The number of pyridine rings is 1. The van der Waals surface area contributed by atoms with Crippen LogP contribution in [0, 0.1) is 11.8 Å². The predicted octanol–water partition coefficient (Wildman–Crippen LogP) is 0.0636. The number of aromatic nitrogens is 1. The highest BCUT2D eigenvalue weighted by Crippen LogP contribution is 2.41. The van der Waals surface area contributed by atoms with Crippen molar-refractivity contribution in [3.63, 3.8) is 0 Å². The van der Waals surface area contributed by atoms with E-state index in [0.717, 1.165) is 19.1 Å². The van der Waals surface area contributed by atoms with Crippen LogP contribution in [-0.4, -0.2) is 49.6 Å². The lowest BCUT2D eigenvalue weighted by molar-refractivity contribution is 0.0784. The maximum absolute atomic E-state index is 12.6. The van der Waals surface area contributed by atoms with Gasteiger partial charge in [0.1, 0.15) is 5.82 Å². The molecule has 1 saturated heterocycles. The minimum absolute atomic E-state index is 0.127. The number of likely N-dealkylation sites (tertiary alicyclic amines) is 1. The van der Waals surface area contributed by atoms with Gasteiger partial charge in [0.25, 0.3) is 5.91 Å². The lowest BCUT2D eigenvalue weighted by Crippen LogP contribution is -2.41. The lowest BCUT2D eigenvalue weighted by atomic mass is 9.99. The summed E-state index contributed by atoms with van der Waals surface area (Å²) >= 11 is 0. The summed E-state index contributed by atoms with van der Waals surface area (Å²) in [5.41, 5.74) is 6.11. The van der Waals surface area contributed by atoms with Crippen LogP contribution < -0.4 is 10.5 Å². The highest BCUT2D eigenvalue weighted by molar-refractivity contribution is 7.88. The number of rotatable bonds is 4. The SMILES string of the molecule is CS(=O)(=O)N[C@H]1CN(C(=O)c2ccnc(N)c2)C[C@@H]1C1CC1. The quantitative estimate of drug-likeness (QED) is 0.815. The first kappa shape index (κ1) is 15.2. The number of hydrogen-bond acceptors (Lipinski definition) is 5. The maximum atomic E-state index is 12.6. The van der Waals surface area contributed by atoms with E-state index in [4.69, 9.17) is 5.73 Å². The molecule has 1 aliphatic carbocycles. The molecule has 120 valence electrons. The summed E-state index contributed by atoms with van der Waals surface area (Å²) in [5.74, 6) is 0.879. The van der Waals surface area contributed by atoms with E-state index in [2.05, 4.69) is 9.71 Å². The molecule has 3 N–H and O–H groups in total. The Morgan fingerprint density at radius 1 is 1.41 bits per heavy atom. The van der Waals surface area contributed by atoms with Gasteiger partial charge in [0.15, 0.2) is 0 Å². The van der Waals surface area contributed by atoms with E-state index in [0.29, 0.717) is 30.4 Å². The Labute approximate surface area is 129 Å². The van der Waals surface area contributed by atoms with Crippen molar-refractivity contribution in [2.75, 3.05) is 25.1 Å². The molecule has 0 spiro atoms. The van der Waals surface area contributed by atoms with E-state index < -0.39 is 10.0 Å². The molecule has 7 nitrogen and oxygen atoms in total. The van der Waals surface area contributed by atoms with Crippen LogP contribution in [0.3, 0.4) is 0 Å². The summed E-state index contributed by atoms with van der Waals surface area (Å²) in [4.78, 5) is 18.2. The Balaban J connectivity index is 1.76. The average molecular weight is 324 g/mol. The number of carbonyl (C=O) groups excluding carboxylic acids is 1. The van der Waals surface area contributed by atoms with Crippen LogP contribution in [0.5, 0.6) is 0 Å². The fraction of sp³-hybridized carbons (Fsp3) is 0.571. The first-order valence-corrected chi connectivity index (χ1v) is 9.21. The van der Waals surface area contributed by atoms with E-state index >= 15 is 0 Å². The molecule has 0 bridgehead atoms. The molecule has 2 fully saturated rings. The number of amides is 1. The van der Waals surface area contributed by atoms with Gasteiger partial charge in [0, 0.05) is 30.9 Å². The standard InChI is InChI=1S/C14H20N4O3S/c1-22(20,21)17-12-8-18(7-11(12)9-2-3-9)14(19)10-4-5-16-13(15)6-10/h4-6,9,11-12,17H,2-3,7-8H2,1H3,(H2,15,16)/t11-,12+/m1/s1. The smallest absolute Gasteiger partial charge is 0.254 e. The average Bonchev–Trinajstić information content (AvgIpc) is 3.18. The van der Waals surface area contributed by atoms with E-state index in [1.54, 1.807) is 17.0 Å². The summed E-state index contributed by atoms with van der Waals surface area (Å²) in [5, 5.41) is 0. The van der Waals surface area contributed by atoms with Gasteiger partial charge in [-0.2, -0.15) is 0 Å². The Morgan fingerprint density at radius 2 is 2.14 bits per heavy atom. The van der Waals surface area contributed by atoms with Crippen LogP contribution >= 0.6 is 0 Å². The third-order valence-electron chi connectivity index (χ3n) is 4.27. The van der Waals surface area contributed by atoms with E-state index in [1.807, 2.05) is 0 Å². The van der Waals surface area contributed by atoms with E-state index in [9.17, 15) is 13.2 Å². The van der Waals surface area contributed by atoms with Gasteiger partial charge < -0.3 is 10.6 Å². The molecule has 3 rings (SSSR count). The van der Waals surface area contributed by atoms with Crippen molar-refractivity contribution in [2.24, 2.45) is 11.8 Å². The first-order chi connectivity index (χ1) is 10.3. The Bertz CT molecular complexity index is 687. The second-order valence-corrected chi connectivity index (χ2v) is 7.96. The molecule has 1 aromatic heterocycles. The molecular weight excluding hydrogens is 304 g/mol. The van der Waals surface area contributed by atoms with Gasteiger partial charge in [-0.1, -0.05) is 0 Å². The zero-order valence-corrected chi connectivity index (χ0v) is 13.2. The molecule has 1 amide bonds. The number of hydrogen-bond donors (Lipinski definition) is 2. The molecule has 22 heavy (non-hydrogen) atoms. The highest BCUT2D eigenvalue weighted by atomic mass is 32.2. The van der Waals surface area contributed by atoms with Crippen molar-refractivity contribution in [1.29, 1.82) is 0 Å². The van der Waals surface area contributed by atoms with E-state index in [-0.39, 0.29) is 17.9 Å².